The highest BCUT2D eigenvalue weighted by Crippen LogP contribution is 2.10. The zero-order chi connectivity index (χ0) is 12.5. The largest absolute Gasteiger partial charge is 0.468 e. The third-order valence-electron chi connectivity index (χ3n) is 2.60. The van der Waals surface area contributed by atoms with Gasteiger partial charge in [-0.3, -0.25) is 4.90 Å². The number of hydrogen-bond acceptors (Lipinski definition) is 4. The summed E-state index contributed by atoms with van der Waals surface area (Å²) >= 11 is 0. The molecule has 0 saturated carbocycles. The van der Waals surface area contributed by atoms with Gasteiger partial charge in [-0.1, -0.05) is 6.92 Å². The minimum Gasteiger partial charge on any atom is -0.468 e. The molecule has 0 aliphatic carbocycles. The minimum atomic E-state index is 0.814. The van der Waals surface area contributed by atoms with Crippen LogP contribution in [0.15, 0.2) is 16.7 Å². The van der Waals surface area contributed by atoms with E-state index >= 15 is 0 Å². The van der Waals surface area contributed by atoms with E-state index in [1.807, 2.05) is 6.26 Å². The van der Waals surface area contributed by atoms with Gasteiger partial charge in [0.1, 0.15) is 5.76 Å². The van der Waals surface area contributed by atoms with Crippen LogP contribution in [0.1, 0.15) is 24.7 Å². The van der Waals surface area contributed by atoms with Crippen LogP contribution in [0.2, 0.25) is 0 Å². The Morgan fingerprint density at radius 2 is 2.29 bits per heavy atom. The standard InChI is InChI=1S/C13H24N2O2/c1-4-14-9-12-8-13(17-11-12)10-15(2)6-5-7-16-3/h8,11,14H,4-7,9-10H2,1-3H3. The first-order valence-electron chi connectivity index (χ1n) is 6.20. The quantitative estimate of drug-likeness (QED) is 0.669. The van der Waals surface area contributed by atoms with Gasteiger partial charge < -0.3 is 14.5 Å². The Labute approximate surface area is 104 Å². The molecular weight excluding hydrogens is 216 g/mol. The highest BCUT2D eigenvalue weighted by Gasteiger charge is 2.05. The van der Waals surface area contributed by atoms with Crippen LogP contribution in [0.5, 0.6) is 0 Å². The Morgan fingerprint density at radius 1 is 1.47 bits per heavy atom. The molecule has 1 heterocycles. The molecule has 0 aromatic carbocycles. The zero-order valence-corrected chi connectivity index (χ0v) is 11.2. The van der Waals surface area contributed by atoms with Gasteiger partial charge in [0.25, 0.3) is 0 Å². The van der Waals surface area contributed by atoms with E-state index in [2.05, 4.69) is 30.3 Å². The number of nitrogens with zero attached hydrogens (tertiary/aromatic N) is 1. The lowest BCUT2D eigenvalue weighted by Crippen LogP contribution is -2.19. The summed E-state index contributed by atoms with van der Waals surface area (Å²) in [7, 11) is 3.84. The number of furan rings is 1. The second-order valence-electron chi connectivity index (χ2n) is 4.29. The molecule has 0 aliphatic rings. The Balaban J connectivity index is 2.27. The molecule has 0 unspecified atom stereocenters. The summed E-state index contributed by atoms with van der Waals surface area (Å²) in [6.45, 7) is 6.66. The normalized spacial score (nSPS) is 11.3. The van der Waals surface area contributed by atoms with Crippen molar-refractivity contribution >= 4 is 0 Å². The van der Waals surface area contributed by atoms with Crippen molar-refractivity contribution < 1.29 is 9.15 Å². The second-order valence-corrected chi connectivity index (χ2v) is 4.29. The molecule has 0 fully saturated rings. The third kappa shape index (κ3) is 5.86. The predicted molar refractivity (Wildman–Crippen MR) is 68.9 cm³/mol. The predicted octanol–water partition coefficient (Wildman–Crippen LogP) is 1.86. The lowest BCUT2D eigenvalue weighted by molar-refractivity contribution is 0.176. The first kappa shape index (κ1) is 14.2. The molecule has 0 spiro atoms. The van der Waals surface area contributed by atoms with Gasteiger partial charge in [0, 0.05) is 32.4 Å². The van der Waals surface area contributed by atoms with Crippen molar-refractivity contribution in [2.24, 2.45) is 0 Å². The van der Waals surface area contributed by atoms with Crippen molar-refractivity contribution in [2.45, 2.75) is 26.4 Å². The average molecular weight is 240 g/mol. The third-order valence-corrected chi connectivity index (χ3v) is 2.60. The molecule has 0 atom stereocenters. The van der Waals surface area contributed by atoms with Crippen LogP contribution in [0, 0.1) is 0 Å². The minimum absolute atomic E-state index is 0.814. The Morgan fingerprint density at radius 3 is 3.00 bits per heavy atom. The first-order chi connectivity index (χ1) is 8.26. The van der Waals surface area contributed by atoms with Crippen LogP contribution in [0.3, 0.4) is 0 Å². The summed E-state index contributed by atoms with van der Waals surface area (Å²) in [5, 5.41) is 3.28. The molecule has 0 radical (unpaired) electrons. The fourth-order valence-corrected chi connectivity index (χ4v) is 1.70. The fourth-order valence-electron chi connectivity index (χ4n) is 1.70. The van der Waals surface area contributed by atoms with Gasteiger partial charge in [-0.15, -0.1) is 0 Å². The number of methoxy groups -OCH3 is 1. The van der Waals surface area contributed by atoms with Gasteiger partial charge in [0.15, 0.2) is 0 Å². The number of hydrogen-bond donors (Lipinski definition) is 1. The summed E-state index contributed by atoms with van der Waals surface area (Å²) in [4.78, 5) is 2.24. The molecule has 1 aromatic rings. The molecule has 1 N–H and O–H groups in total. The molecule has 0 saturated heterocycles. The summed E-state index contributed by atoms with van der Waals surface area (Å²) in [5.41, 5.74) is 1.21. The smallest absolute Gasteiger partial charge is 0.118 e. The molecule has 98 valence electrons. The van der Waals surface area contributed by atoms with Crippen molar-refractivity contribution in [1.82, 2.24) is 10.2 Å². The Kier molecular flexibility index (Phi) is 6.93. The van der Waals surface area contributed by atoms with Crippen LogP contribution < -0.4 is 5.32 Å². The fraction of sp³-hybridized carbons (Fsp3) is 0.692. The van der Waals surface area contributed by atoms with Crippen LogP contribution in [0.25, 0.3) is 0 Å². The van der Waals surface area contributed by atoms with Crippen molar-refractivity contribution in [3.8, 4) is 0 Å². The molecule has 4 heteroatoms. The van der Waals surface area contributed by atoms with E-state index in [1.54, 1.807) is 7.11 Å². The molecule has 0 bridgehead atoms. The summed E-state index contributed by atoms with van der Waals surface area (Å²) in [5.74, 6) is 1.03. The van der Waals surface area contributed by atoms with Gasteiger partial charge in [-0.2, -0.15) is 0 Å². The van der Waals surface area contributed by atoms with Crippen molar-refractivity contribution in [3.05, 3.63) is 23.7 Å². The molecule has 1 aromatic heterocycles. The number of nitrogens with one attached hydrogen (secondary N) is 1. The summed E-state index contributed by atoms with van der Waals surface area (Å²) in [6.07, 6.45) is 2.89. The highest BCUT2D eigenvalue weighted by atomic mass is 16.5. The maximum absolute atomic E-state index is 5.53. The molecule has 1 rings (SSSR count). The maximum Gasteiger partial charge on any atom is 0.118 e. The monoisotopic (exact) mass is 240 g/mol. The molecule has 0 aliphatic heterocycles. The zero-order valence-electron chi connectivity index (χ0n) is 11.2. The van der Waals surface area contributed by atoms with Gasteiger partial charge in [-0.25, -0.2) is 0 Å². The lowest BCUT2D eigenvalue weighted by atomic mass is 10.3. The van der Waals surface area contributed by atoms with Gasteiger partial charge >= 0.3 is 0 Å². The molecular formula is C13H24N2O2. The van der Waals surface area contributed by atoms with Crippen LogP contribution in [-0.4, -0.2) is 38.8 Å². The van der Waals surface area contributed by atoms with Gasteiger partial charge in [0.05, 0.1) is 12.8 Å². The van der Waals surface area contributed by atoms with E-state index < -0.39 is 0 Å². The van der Waals surface area contributed by atoms with Crippen LogP contribution >= 0.6 is 0 Å². The van der Waals surface area contributed by atoms with Crippen molar-refractivity contribution in [3.63, 3.8) is 0 Å². The number of rotatable bonds is 9. The van der Waals surface area contributed by atoms with Crippen molar-refractivity contribution in [2.75, 3.05) is 33.9 Å². The highest BCUT2D eigenvalue weighted by molar-refractivity contribution is 5.12. The average Bonchev–Trinajstić information content (AvgIpc) is 2.74. The van der Waals surface area contributed by atoms with Crippen LogP contribution in [0.4, 0.5) is 0 Å². The SMILES string of the molecule is CCNCc1coc(CN(C)CCCOC)c1. The lowest BCUT2D eigenvalue weighted by Gasteiger charge is -2.14. The van der Waals surface area contributed by atoms with Gasteiger partial charge in [0.2, 0.25) is 0 Å². The Hall–Kier alpha value is -0.840. The Bertz CT molecular complexity index is 299. The first-order valence-corrected chi connectivity index (χ1v) is 6.20. The second kappa shape index (κ2) is 8.28. The molecule has 17 heavy (non-hydrogen) atoms. The summed E-state index contributed by atoms with van der Waals surface area (Å²) in [6, 6.07) is 2.12. The van der Waals surface area contributed by atoms with E-state index in [9.17, 15) is 0 Å². The van der Waals surface area contributed by atoms with E-state index in [4.69, 9.17) is 9.15 Å². The van der Waals surface area contributed by atoms with Crippen molar-refractivity contribution in [1.29, 1.82) is 0 Å². The van der Waals surface area contributed by atoms with E-state index in [1.165, 1.54) is 5.56 Å². The summed E-state index contributed by atoms with van der Waals surface area (Å²) < 4.78 is 10.6. The van der Waals surface area contributed by atoms with Gasteiger partial charge in [-0.05, 0) is 26.1 Å². The van der Waals surface area contributed by atoms with E-state index in [0.717, 1.165) is 45.0 Å². The number of ether oxygens (including phenoxy) is 1. The topological polar surface area (TPSA) is 37.6 Å². The van der Waals surface area contributed by atoms with E-state index in [0.29, 0.717) is 0 Å². The molecule has 4 nitrogen and oxygen atoms in total. The van der Waals surface area contributed by atoms with Crippen LogP contribution in [-0.2, 0) is 17.8 Å². The van der Waals surface area contributed by atoms with E-state index in [-0.39, 0.29) is 0 Å². The molecule has 0 amide bonds. The maximum atomic E-state index is 5.53.